The lowest BCUT2D eigenvalue weighted by Gasteiger charge is -2.47. The Balaban J connectivity index is 1.37. The molecular formula is C29H41Cl2N7O3. The minimum absolute atomic E-state index is 0.0178. The number of halogens is 2. The summed E-state index contributed by atoms with van der Waals surface area (Å²) in [6.45, 7) is 10.8. The van der Waals surface area contributed by atoms with Crippen molar-refractivity contribution in [2.45, 2.75) is 64.6 Å². The number of benzene rings is 1. The van der Waals surface area contributed by atoms with Crippen molar-refractivity contribution < 1.29 is 14.7 Å². The summed E-state index contributed by atoms with van der Waals surface area (Å²) in [7, 11) is 0. The number of aliphatic hydroxyl groups excluding tert-OH is 1. The van der Waals surface area contributed by atoms with Crippen LogP contribution in [-0.4, -0.2) is 94.5 Å². The van der Waals surface area contributed by atoms with Gasteiger partial charge in [0.1, 0.15) is 5.78 Å². The van der Waals surface area contributed by atoms with Crippen molar-refractivity contribution in [1.82, 2.24) is 25.1 Å². The van der Waals surface area contributed by atoms with Crippen LogP contribution >= 0.6 is 23.2 Å². The molecule has 1 amide bonds. The maximum atomic E-state index is 12.3. The highest BCUT2D eigenvalue weighted by atomic mass is 35.5. The molecule has 10 nitrogen and oxygen atoms in total. The number of hydrogen-bond acceptors (Lipinski definition) is 9. The second kappa shape index (κ2) is 14.1. The van der Waals surface area contributed by atoms with E-state index in [2.05, 4.69) is 43.0 Å². The third kappa shape index (κ3) is 7.48. The fourth-order valence-electron chi connectivity index (χ4n) is 5.93. The van der Waals surface area contributed by atoms with E-state index < -0.39 is 5.91 Å². The lowest BCUT2D eigenvalue weighted by molar-refractivity contribution is -0.118. The van der Waals surface area contributed by atoms with Crippen LogP contribution in [0.3, 0.4) is 0 Å². The van der Waals surface area contributed by atoms with Gasteiger partial charge in [0.25, 0.3) is 5.91 Å². The Labute approximate surface area is 252 Å². The molecule has 1 aromatic carbocycles. The number of anilines is 2. The summed E-state index contributed by atoms with van der Waals surface area (Å²) in [6, 6.07) is 6.72. The predicted molar refractivity (Wildman–Crippen MR) is 163 cm³/mol. The molecule has 0 spiro atoms. The summed E-state index contributed by atoms with van der Waals surface area (Å²) < 4.78 is 0. The molecule has 0 saturated carbocycles. The van der Waals surface area contributed by atoms with E-state index in [9.17, 15) is 9.59 Å². The maximum Gasteiger partial charge on any atom is 0.273 e. The number of amides is 1. The van der Waals surface area contributed by atoms with Crippen LogP contribution in [0.1, 0.15) is 67.6 Å². The summed E-state index contributed by atoms with van der Waals surface area (Å²) in [5.74, 6) is -0.0261. The van der Waals surface area contributed by atoms with E-state index in [4.69, 9.17) is 34.0 Å². The SMILES string of the molecule is CC[C@H]1CN(c2nc(N)c(C(=O)NCCO)nc2Cl)CCN1C1CCN(Cc2ccc(Cl)cc2C(C)C(C)=O)CC1. The van der Waals surface area contributed by atoms with Crippen LogP contribution in [0.25, 0.3) is 0 Å². The number of nitrogens with two attached hydrogens (primary N) is 1. The second-order valence-corrected chi connectivity index (χ2v) is 11.8. The molecule has 2 saturated heterocycles. The van der Waals surface area contributed by atoms with E-state index in [0.717, 1.165) is 64.1 Å². The molecule has 0 bridgehead atoms. The highest BCUT2D eigenvalue weighted by Gasteiger charge is 2.34. The van der Waals surface area contributed by atoms with Gasteiger partial charge in [-0.3, -0.25) is 19.4 Å². The molecular weight excluding hydrogens is 565 g/mol. The molecule has 1 aromatic heterocycles. The summed E-state index contributed by atoms with van der Waals surface area (Å²) in [6.07, 6.45) is 3.13. The van der Waals surface area contributed by atoms with Crippen LogP contribution in [0.4, 0.5) is 11.6 Å². The van der Waals surface area contributed by atoms with E-state index in [0.29, 0.717) is 22.9 Å². The Morgan fingerprint density at radius 3 is 2.56 bits per heavy atom. The van der Waals surface area contributed by atoms with Crippen molar-refractivity contribution in [2.75, 3.05) is 56.5 Å². The third-order valence-electron chi connectivity index (χ3n) is 8.38. The molecule has 2 aliphatic rings. The normalized spacial score (nSPS) is 19.8. The van der Waals surface area contributed by atoms with Gasteiger partial charge < -0.3 is 21.1 Å². The highest BCUT2D eigenvalue weighted by Crippen LogP contribution is 2.31. The minimum Gasteiger partial charge on any atom is -0.395 e. The van der Waals surface area contributed by atoms with Crippen molar-refractivity contribution in [2.24, 2.45) is 0 Å². The van der Waals surface area contributed by atoms with Crippen LogP contribution in [-0.2, 0) is 11.3 Å². The Hall–Kier alpha value is -2.50. The highest BCUT2D eigenvalue weighted by molar-refractivity contribution is 6.32. The van der Waals surface area contributed by atoms with E-state index >= 15 is 0 Å². The first-order valence-corrected chi connectivity index (χ1v) is 15.1. The molecule has 1 unspecified atom stereocenters. The zero-order valence-corrected chi connectivity index (χ0v) is 25.6. The number of carbonyl (C=O) groups is 2. The van der Waals surface area contributed by atoms with E-state index in [-0.39, 0.29) is 41.5 Å². The number of nitrogens with one attached hydrogen (secondary N) is 1. The molecule has 2 aromatic rings. The smallest absolute Gasteiger partial charge is 0.273 e. The number of carbonyl (C=O) groups excluding carboxylic acids is 2. The fourth-order valence-corrected chi connectivity index (χ4v) is 6.35. The van der Waals surface area contributed by atoms with Gasteiger partial charge in [0.15, 0.2) is 22.5 Å². The maximum absolute atomic E-state index is 12.3. The van der Waals surface area contributed by atoms with Crippen LogP contribution in [0.5, 0.6) is 0 Å². The molecule has 2 aliphatic heterocycles. The first-order chi connectivity index (χ1) is 19.6. The Bertz CT molecular complexity index is 1240. The fraction of sp³-hybridized carbons (Fsp3) is 0.586. The van der Waals surface area contributed by atoms with Crippen LogP contribution < -0.4 is 16.0 Å². The monoisotopic (exact) mass is 605 g/mol. The van der Waals surface area contributed by atoms with Crippen LogP contribution in [0.15, 0.2) is 18.2 Å². The van der Waals surface area contributed by atoms with Gasteiger partial charge in [-0.05, 0) is 62.5 Å². The third-order valence-corrected chi connectivity index (χ3v) is 8.87. The van der Waals surface area contributed by atoms with Gasteiger partial charge in [-0.25, -0.2) is 9.97 Å². The van der Waals surface area contributed by atoms with Crippen molar-refractivity contribution in [1.29, 1.82) is 0 Å². The van der Waals surface area contributed by atoms with Gasteiger partial charge in [-0.1, -0.05) is 43.1 Å². The Morgan fingerprint density at radius 1 is 1.17 bits per heavy atom. The number of nitrogen functional groups attached to an aromatic ring is 1. The minimum atomic E-state index is -0.513. The van der Waals surface area contributed by atoms with Gasteiger partial charge in [0.2, 0.25) is 0 Å². The molecule has 2 atom stereocenters. The molecule has 2 fully saturated rings. The zero-order valence-electron chi connectivity index (χ0n) is 24.1. The number of Topliss-reactive ketones (excluding diaryl/α,β-unsaturated/α-hetero) is 1. The second-order valence-electron chi connectivity index (χ2n) is 11.0. The molecule has 4 N–H and O–H groups in total. The van der Waals surface area contributed by atoms with Crippen molar-refractivity contribution in [3.63, 3.8) is 0 Å². The Kier molecular flexibility index (Phi) is 10.8. The summed E-state index contributed by atoms with van der Waals surface area (Å²) in [4.78, 5) is 40.3. The number of aromatic nitrogens is 2. The number of nitrogens with zero attached hydrogens (tertiary/aromatic N) is 5. The number of aliphatic hydroxyl groups is 1. The lowest BCUT2D eigenvalue weighted by atomic mass is 9.92. The number of piperidine rings is 1. The lowest BCUT2D eigenvalue weighted by Crippen LogP contribution is -2.58. The first-order valence-electron chi connectivity index (χ1n) is 14.4. The van der Waals surface area contributed by atoms with E-state index in [1.807, 2.05) is 19.1 Å². The van der Waals surface area contributed by atoms with E-state index in [1.165, 1.54) is 5.56 Å². The standard InChI is InChI=1S/C29H41Cl2N7O3/c1-4-22-17-37(28-26(31)34-25(27(32)35-28)29(41)33-9-14-39)12-13-38(22)23-7-10-36(11-8-23)16-20-5-6-21(30)15-24(20)18(2)19(3)40/h5-6,15,18,22-23,39H,4,7-14,16-17H2,1-3H3,(H2,32,35)(H,33,41)/t18?,22-/m0/s1. The summed E-state index contributed by atoms with van der Waals surface area (Å²) in [5.41, 5.74) is 8.24. The van der Waals surface area contributed by atoms with E-state index in [1.54, 1.807) is 6.92 Å². The molecule has 224 valence electrons. The van der Waals surface area contributed by atoms with Crippen LogP contribution in [0.2, 0.25) is 10.2 Å². The summed E-state index contributed by atoms with van der Waals surface area (Å²) >= 11 is 12.7. The topological polar surface area (TPSA) is 128 Å². The van der Waals surface area contributed by atoms with Crippen LogP contribution in [0, 0.1) is 0 Å². The number of piperazine rings is 1. The molecule has 0 radical (unpaired) electrons. The number of rotatable bonds is 10. The number of likely N-dealkylation sites (tertiary alicyclic amines) is 1. The Morgan fingerprint density at radius 2 is 1.90 bits per heavy atom. The van der Waals surface area contributed by atoms with Crippen molar-refractivity contribution >= 4 is 46.5 Å². The van der Waals surface area contributed by atoms with Crippen molar-refractivity contribution in [3.05, 3.63) is 45.2 Å². The van der Waals surface area contributed by atoms with Gasteiger partial charge >= 0.3 is 0 Å². The van der Waals surface area contributed by atoms with Gasteiger partial charge in [0, 0.05) is 55.7 Å². The molecule has 41 heavy (non-hydrogen) atoms. The number of hydrogen-bond donors (Lipinski definition) is 3. The average Bonchev–Trinajstić information content (AvgIpc) is 2.97. The first kappa shape index (κ1) is 31.4. The summed E-state index contributed by atoms with van der Waals surface area (Å²) in [5, 5.41) is 12.3. The molecule has 4 rings (SSSR count). The zero-order chi connectivity index (χ0) is 29.7. The predicted octanol–water partition coefficient (Wildman–Crippen LogP) is 3.35. The van der Waals surface area contributed by atoms with Gasteiger partial charge in [-0.15, -0.1) is 0 Å². The van der Waals surface area contributed by atoms with Gasteiger partial charge in [-0.2, -0.15) is 0 Å². The molecule has 12 heteroatoms. The quantitative estimate of drug-likeness (QED) is 0.373. The molecule has 0 aliphatic carbocycles. The van der Waals surface area contributed by atoms with Crippen molar-refractivity contribution in [3.8, 4) is 0 Å². The largest absolute Gasteiger partial charge is 0.395 e. The van der Waals surface area contributed by atoms with Gasteiger partial charge in [0.05, 0.1) is 6.61 Å². The molecule has 3 heterocycles. The average molecular weight is 607 g/mol. The number of ketones is 1.